The highest BCUT2D eigenvalue weighted by Gasteiger charge is 2.51. The molecule has 0 aliphatic heterocycles. The molecule has 1 saturated carbocycles. The molecule has 16 heavy (non-hydrogen) atoms. The van der Waals surface area contributed by atoms with Gasteiger partial charge in [-0.1, -0.05) is 11.6 Å². The molecule has 3 nitrogen and oxygen atoms in total. The first-order chi connectivity index (χ1) is 7.63. The van der Waals surface area contributed by atoms with E-state index in [2.05, 4.69) is 6.07 Å². The number of ketones is 1. The molecule has 1 fully saturated rings. The van der Waals surface area contributed by atoms with Gasteiger partial charge in [0.05, 0.1) is 18.7 Å². The number of benzene rings is 1. The summed E-state index contributed by atoms with van der Waals surface area (Å²) in [5, 5.41) is 9.45. The van der Waals surface area contributed by atoms with E-state index in [1.165, 1.54) is 7.11 Å². The number of halogens is 1. The normalized spacial score (nSPS) is 16.3. The molecule has 2 rings (SSSR count). The maximum atomic E-state index is 12.1. The van der Waals surface area contributed by atoms with Gasteiger partial charge in [-0.3, -0.25) is 4.79 Å². The monoisotopic (exact) mass is 235 g/mol. The fourth-order valence-corrected chi connectivity index (χ4v) is 1.80. The van der Waals surface area contributed by atoms with Crippen LogP contribution >= 0.6 is 11.6 Å². The summed E-state index contributed by atoms with van der Waals surface area (Å²) in [4.78, 5) is 12.1. The molecule has 1 aliphatic carbocycles. The van der Waals surface area contributed by atoms with Crippen LogP contribution in [-0.2, 0) is 0 Å². The van der Waals surface area contributed by atoms with Gasteiger partial charge in [0.2, 0.25) is 0 Å². The smallest absolute Gasteiger partial charge is 0.186 e. The molecule has 1 aliphatic rings. The zero-order chi connectivity index (χ0) is 11.8. The van der Waals surface area contributed by atoms with Crippen LogP contribution in [0.15, 0.2) is 18.2 Å². The minimum absolute atomic E-state index is 0.186. The van der Waals surface area contributed by atoms with Gasteiger partial charge >= 0.3 is 0 Å². The van der Waals surface area contributed by atoms with E-state index in [9.17, 15) is 4.79 Å². The molecular weight excluding hydrogens is 226 g/mol. The lowest BCUT2D eigenvalue weighted by atomic mass is 9.95. The van der Waals surface area contributed by atoms with Crippen molar-refractivity contribution >= 4 is 17.4 Å². The standard InChI is InChI=1S/C12H10ClNO2/c1-16-10-3-2-8(13)6-9(10)11(15)12(7-14)4-5-12/h2-3,6H,4-5H2,1H3. The third kappa shape index (κ3) is 1.66. The summed E-state index contributed by atoms with van der Waals surface area (Å²) in [6.45, 7) is 0. The van der Waals surface area contributed by atoms with Crippen molar-refractivity contribution in [3.05, 3.63) is 28.8 Å². The van der Waals surface area contributed by atoms with Crippen molar-refractivity contribution in [1.29, 1.82) is 5.26 Å². The van der Waals surface area contributed by atoms with Gasteiger partial charge in [-0.25, -0.2) is 0 Å². The Morgan fingerprint density at radius 1 is 1.56 bits per heavy atom. The second-order valence-corrected chi connectivity index (χ2v) is 4.30. The number of nitrogens with zero attached hydrogens (tertiary/aromatic N) is 1. The molecule has 0 unspecified atom stereocenters. The number of hydrogen-bond donors (Lipinski definition) is 0. The maximum absolute atomic E-state index is 12.1. The summed E-state index contributed by atoms with van der Waals surface area (Å²) < 4.78 is 5.10. The Kier molecular flexibility index (Phi) is 2.61. The SMILES string of the molecule is COc1ccc(Cl)cc1C(=O)C1(C#N)CC1. The summed E-state index contributed by atoms with van der Waals surface area (Å²) in [5.74, 6) is 0.283. The molecule has 4 heteroatoms. The summed E-state index contributed by atoms with van der Waals surface area (Å²) in [6, 6.07) is 6.93. The molecular formula is C12H10ClNO2. The lowest BCUT2D eigenvalue weighted by molar-refractivity contribution is 0.0931. The van der Waals surface area contributed by atoms with E-state index < -0.39 is 5.41 Å². The minimum Gasteiger partial charge on any atom is -0.496 e. The van der Waals surface area contributed by atoms with Crippen LogP contribution < -0.4 is 4.74 Å². The predicted octanol–water partition coefficient (Wildman–Crippen LogP) is 2.84. The third-order valence-corrected chi connectivity index (χ3v) is 3.04. The number of hydrogen-bond acceptors (Lipinski definition) is 3. The zero-order valence-corrected chi connectivity index (χ0v) is 9.54. The highest BCUT2D eigenvalue weighted by molar-refractivity contribution is 6.31. The van der Waals surface area contributed by atoms with E-state index in [-0.39, 0.29) is 5.78 Å². The van der Waals surface area contributed by atoms with E-state index in [0.29, 0.717) is 29.2 Å². The second-order valence-electron chi connectivity index (χ2n) is 3.87. The Morgan fingerprint density at radius 3 is 2.75 bits per heavy atom. The van der Waals surface area contributed by atoms with Crippen LogP contribution in [0.2, 0.25) is 5.02 Å². The van der Waals surface area contributed by atoms with Crippen molar-refractivity contribution in [2.75, 3.05) is 7.11 Å². The van der Waals surface area contributed by atoms with Crippen LogP contribution in [0.25, 0.3) is 0 Å². The van der Waals surface area contributed by atoms with Crippen LogP contribution in [0.3, 0.4) is 0 Å². The van der Waals surface area contributed by atoms with Crippen molar-refractivity contribution in [3.8, 4) is 11.8 Å². The molecule has 0 bridgehead atoms. The Hall–Kier alpha value is -1.53. The van der Waals surface area contributed by atoms with Crippen LogP contribution in [0.1, 0.15) is 23.2 Å². The van der Waals surface area contributed by atoms with Gasteiger partial charge in [0.1, 0.15) is 11.2 Å². The molecule has 0 N–H and O–H groups in total. The van der Waals surface area contributed by atoms with Gasteiger partial charge < -0.3 is 4.74 Å². The van der Waals surface area contributed by atoms with Crippen molar-refractivity contribution in [2.24, 2.45) is 5.41 Å². The Labute approximate surface area is 98.6 Å². The summed E-state index contributed by atoms with van der Waals surface area (Å²) in [5.41, 5.74) is -0.438. The molecule has 0 atom stereocenters. The van der Waals surface area contributed by atoms with Crippen LogP contribution in [-0.4, -0.2) is 12.9 Å². The first-order valence-corrected chi connectivity index (χ1v) is 5.30. The Morgan fingerprint density at radius 2 is 2.25 bits per heavy atom. The van der Waals surface area contributed by atoms with Gasteiger partial charge in [0.15, 0.2) is 5.78 Å². The van der Waals surface area contributed by atoms with E-state index >= 15 is 0 Å². The fraction of sp³-hybridized carbons (Fsp3) is 0.333. The molecule has 0 radical (unpaired) electrons. The van der Waals surface area contributed by atoms with Crippen LogP contribution in [0, 0.1) is 16.7 Å². The highest BCUT2D eigenvalue weighted by atomic mass is 35.5. The molecule has 0 saturated heterocycles. The van der Waals surface area contributed by atoms with Gasteiger partial charge in [-0.05, 0) is 31.0 Å². The average Bonchev–Trinajstić information content (AvgIpc) is 3.09. The topological polar surface area (TPSA) is 50.1 Å². The highest BCUT2D eigenvalue weighted by Crippen LogP contribution is 2.48. The van der Waals surface area contributed by atoms with Crippen molar-refractivity contribution in [1.82, 2.24) is 0 Å². The van der Waals surface area contributed by atoms with Crippen LogP contribution in [0.5, 0.6) is 5.75 Å². The third-order valence-electron chi connectivity index (χ3n) is 2.80. The lowest BCUT2D eigenvalue weighted by Gasteiger charge is -2.10. The average molecular weight is 236 g/mol. The van der Waals surface area contributed by atoms with E-state index in [1.807, 2.05) is 0 Å². The molecule has 0 amide bonds. The van der Waals surface area contributed by atoms with Gasteiger partial charge in [-0.2, -0.15) is 5.26 Å². The number of methoxy groups -OCH3 is 1. The minimum atomic E-state index is -0.835. The molecule has 1 aromatic carbocycles. The van der Waals surface area contributed by atoms with E-state index in [0.717, 1.165) is 0 Å². The zero-order valence-electron chi connectivity index (χ0n) is 8.79. The molecule has 0 heterocycles. The number of ether oxygens (including phenoxy) is 1. The molecule has 1 aromatic rings. The molecule has 0 aromatic heterocycles. The first-order valence-electron chi connectivity index (χ1n) is 4.92. The van der Waals surface area contributed by atoms with Crippen LogP contribution in [0.4, 0.5) is 0 Å². The number of Topliss-reactive ketones (excluding diaryl/α,β-unsaturated/α-hetero) is 1. The first kappa shape index (κ1) is 11.0. The quantitative estimate of drug-likeness (QED) is 0.757. The van der Waals surface area contributed by atoms with Gasteiger partial charge in [0, 0.05) is 5.02 Å². The van der Waals surface area contributed by atoms with Gasteiger partial charge in [0.25, 0.3) is 0 Å². The maximum Gasteiger partial charge on any atom is 0.186 e. The lowest BCUT2D eigenvalue weighted by Crippen LogP contribution is -2.14. The van der Waals surface area contributed by atoms with Crippen molar-refractivity contribution < 1.29 is 9.53 Å². The largest absolute Gasteiger partial charge is 0.496 e. The number of rotatable bonds is 3. The molecule has 82 valence electrons. The van der Waals surface area contributed by atoms with Gasteiger partial charge in [-0.15, -0.1) is 0 Å². The summed E-state index contributed by atoms with van der Waals surface area (Å²) in [6.07, 6.45) is 1.25. The second kappa shape index (κ2) is 3.80. The predicted molar refractivity (Wildman–Crippen MR) is 59.6 cm³/mol. The summed E-state index contributed by atoms with van der Waals surface area (Å²) >= 11 is 5.84. The van der Waals surface area contributed by atoms with E-state index in [4.69, 9.17) is 21.6 Å². The number of nitriles is 1. The van der Waals surface area contributed by atoms with Crippen molar-refractivity contribution in [3.63, 3.8) is 0 Å². The fourth-order valence-electron chi connectivity index (χ4n) is 1.63. The van der Waals surface area contributed by atoms with Crippen molar-refractivity contribution in [2.45, 2.75) is 12.8 Å². The summed E-state index contributed by atoms with van der Waals surface area (Å²) in [7, 11) is 1.49. The Balaban J connectivity index is 2.44. The number of carbonyl (C=O) groups is 1. The van der Waals surface area contributed by atoms with E-state index in [1.54, 1.807) is 18.2 Å². The Bertz CT molecular complexity index is 486. The molecule has 0 spiro atoms. The number of carbonyl (C=O) groups excluding carboxylic acids is 1.